The Labute approximate surface area is 109 Å². The van der Waals surface area contributed by atoms with Crippen molar-refractivity contribution in [2.24, 2.45) is 5.92 Å². The van der Waals surface area contributed by atoms with Gasteiger partial charge in [-0.2, -0.15) is 0 Å². The Bertz CT molecular complexity index is 266. The van der Waals surface area contributed by atoms with Crippen LogP contribution in [0.5, 0.6) is 0 Å². The van der Waals surface area contributed by atoms with Crippen LogP contribution in [-0.4, -0.2) is 47.6 Å². The minimum Gasteiger partial charge on any atom is -0.466 e. The van der Waals surface area contributed by atoms with Crippen molar-refractivity contribution in [3.05, 3.63) is 0 Å². The van der Waals surface area contributed by atoms with E-state index in [1.807, 2.05) is 6.92 Å². The molecule has 1 aliphatic carbocycles. The molecular formula is C13H25NO4. The van der Waals surface area contributed by atoms with Crippen molar-refractivity contribution in [1.82, 2.24) is 5.32 Å². The lowest BCUT2D eigenvalue weighted by molar-refractivity contribution is -0.149. The second kappa shape index (κ2) is 7.07. The lowest BCUT2D eigenvalue weighted by Crippen LogP contribution is -2.54. The van der Waals surface area contributed by atoms with Crippen LogP contribution in [0.2, 0.25) is 0 Å². The highest BCUT2D eigenvalue weighted by Crippen LogP contribution is 2.26. The van der Waals surface area contributed by atoms with Crippen LogP contribution in [0.1, 0.15) is 39.5 Å². The number of aliphatic hydroxyl groups is 2. The van der Waals surface area contributed by atoms with Crippen LogP contribution in [0.3, 0.4) is 0 Å². The summed E-state index contributed by atoms with van der Waals surface area (Å²) in [4.78, 5) is 11.7. The monoisotopic (exact) mass is 259 g/mol. The average molecular weight is 259 g/mol. The van der Waals surface area contributed by atoms with E-state index in [1.165, 1.54) is 0 Å². The summed E-state index contributed by atoms with van der Waals surface area (Å²) in [5.74, 6) is -0.184. The van der Waals surface area contributed by atoms with E-state index in [0.29, 0.717) is 13.0 Å². The largest absolute Gasteiger partial charge is 0.466 e. The van der Waals surface area contributed by atoms with Crippen molar-refractivity contribution in [3.63, 3.8) is 0 Å². The Morgan fingerprint density at radius 2 is 2.06 bits per heavy atom. The van der Waals surface area contributed by atoms with Gasteiger partial charge in [-0.1, -0.05) is 6.42 Å². The molecule has 18 heavy (non-hydrogen) atoms. The lowest BCUT2D eigenvalue weighted by Gasteiger charge is -2.36. The fourth-order valence-corrected chi connectivity index (χ4v) is 2.43. The minimum absolute atomic E-state index is 0.0576. The maximum Gasteiger partial charge on any atom is 0.308 e. The summed E-state index contributed by atoms with van der Waals surface area (Å²) in [5, 5.41) is 21.8. The highest BCUT2D eigenvalue weighted by molar-refractivity contribution is 5.72. The van der Waals surface area contributed by atoms with Crippen LogP contribution in [0.25, 0.3) is 0 Å². The van der Waals surface area contributed by atoms with E-state index in [-0.39, 0.29) is 31.1 Å². The number of hydrogen-bond acceptors (Lipinski definition) is 5. The second-order valence-electron chi connectivity index (χ2n) is 5.33. The molecule has 0 bridgehead atoms. The molecule has 0 aliphatic heterocycles. The molecule has 0 aromatic rings. The van der Waals surface area contributed by atoms with E-state index < -0.39 is 5.54 Å². The SMILES string of the molecule is CCOC(=O)C1CCCC(NC(C)(CO)CO)C1. The molecule has 0 aromatic carbocycles. The molecule has 0 amide bonds. The topological polar surface area (TPSA) is 78.8 Å². The van der Waals surface area contributed by atoms with E-state index in [0.717, 1.165) is 19.3 Å². The first-order valence-corrected chi connectivity index (χ1v) is 6.70. The summed E-state index contributed by atoms with van der Waals surface area (Å²) in [6, 6.07) is 0.150. The van der Waals surface area contributed by atoms with Crippen LogP contribution < -0.4 is 5.32 Å². The van der Waals surface area contributed by atoms with E-state index in [4.69, 9.17) is 4.74 Å². The number of hydrogen-bond donors (Lipinski definition) is 3. The summed E-state index contributed by atoms with van der Waals surface area (Å²) >= 11 is 0. The zero-order valence-corrected chi connectivity index (χ0v) is 11.3. The van der Waals surface area contributed by atoms with Gasteiger partial charge in [0.1, 0.15) is 0 Å². The van der Waals surface area contributed by atoms with Crippen LogP contribution in [-0.2, 0) is 9.53 Å². The van der Waals surface area contributed by atoms with Crippen molar-refractivity contribution in [1.29, 1.82) is 0 Å². The summed E-state index contributed by atoms with van der Waals surface area (Å²) in [6.07, 6.45) is 3.51. The van der Waals surface area contributed by atoms with Gasteiger partial charge in [-0.25, -0.2) is 0 Å². The molecule has 5 heteroatoms. The van der Waals surface area contributed by atoms with Crippen molar-refractivity contribution in [2.45, 2.75) is 51.1 Å². The molecule has 0 heterocycles. The van der Waals surface area contributed by atoms with Crippen LogP contribution in [0.15, 0.2) is 0 Å². The molecule has 2 atom stereocenters. The molecule has 3 N–H and O–H groups in total. The number of ether oxygens (including phenoxy) is 1. The number of carbonyl (C=O) groups is 1. The van der Waals surface area contributed by atoms with Gasteiger partial charge in [-0.05, 0) is 33.1 Å². The number of aliphatic hydroxyl groups excluding tert-OH is 2. The number of esters is 1. The van der Waals surface area contributed by atoms with E-state index in [2.05, 4.69) is 5.32 Å². The highest BCUT2D eigenvalue weighted by atomic mass is 16.5. The summed E-state index contributed by atoms with van der Waals surface area (Å²) < 4.78 is 5.05. The fraction of sp³-hybridized carbons (Fsp3) is 0.923. The van der Waals surface area contributed by atoms with Gasteiger partial charge in [0.15, 0.2) is 0 Å². The van der Waals surface area contributed by atoms with E-state index in [1.54, 1.807) is 6.92 Å². The van der Waals surface area contributed by atoms with Gasteiger partial charge in [-0.15, -0.1) is 0 Å². The molecule has 106 valence electrons. The maximum atomic E-state index is 11.7. The quantitative estimate of drug-likeness (QED) is 0.603. The molecular weight excluding hydrogens is 234 g/mol. The molecule has 0 spiro atoms. The van der Waals surface area contributed by atoms with Gasteiger partial charge < -0.3 is 20.3 Å². The molecule has 0 saturated heterocycles. The summed E-state index contributed by atoms with van der Waals surface area (Å²) in [6.45, 7) is 3.76. The Hall–Kier alpha value is -0.650. The van der Waals surface area contributed by atoms with E-state index in [9.17, 15) is 15.0 Å². The van der Waals surface area contributed by atoms with Crippen LogP contribution >= 0.6 is 0 Å². The Morgan fingerprint density at radius 3 is 2.61 bits per heavy atom. The Morgan fingerprint density at radius 1 is 1.39 bits per heavy atom. The molecule has 0 radical (unpaired) electrons. The zero-order valence-electron chi connectivity index (χ0n) is 11.3. The van der Waals surface area contributed by atoms with Gasteiger partial charge in [0.25, 0.3) is 0 Å². The van der Waals surface area contributed by atoms with Crippen LogP contribution in [0, 0.1) is 5.92 Å². The van der Waals surface area contributed by atoms with Crippen molar-refractivity contribution in [2.75, 3.05) is 19.8 Å². The molecule has 1 aliphatic rings. The first-order chi connectivity index (χ1) is 8.54. The Kier molecular flexibility index (Phi) is 6.05. The normalized spacial score (nSPS) is 24.9. The van der Waals surface area contributed by atoms with Gasteiger partial charge in [0.2, 0.25) is 0 Å². The number of carbonyl (C=O) groups excluding carboxylic acids is 1. The fourth-order valence-electron chi connectivity index (χ4n) is 2.43. The molecule has 1 saturated carbocycles. The van der Waals surface area contributed by atoms with Gasteiger partial charge >= 0.3 is 5.97 Å². The van der Waals surface area contributed by atoms with E-state index >= 15 is 0 Å². The second-order valence-corrected chi connectivity index (χ2v) is 5.33. The van der Waals surface area contributed by atoms with Gasteiger partial charge in [-0.3, -0.25) is 4.79 Å². The molecule has 5 nitrogen and oxygen atoms in total. The molecule has 2 unspecified atom stereocenters. The van der Waals surface area contributed by atoms with Crippen LogP contribution in [0.4, 0.5) is 0 Å². The first kappa shape index (κ1) is 15.4. The highest BCUT2D eigenvalue weighted by Gasteiger charge is 2.32. The van der Waals surface area contributed by atoms with Crippen molar-refractivity contribution >= 4 is 5.97 Å². The summed E-state index contributed by atoms with van der Waals surface area (Å²) in [7, 11) is 0. The predicted molar refractivity (Wildman–Crippen MR) is 68.1 cm³/mol. The Balaban J connectivity index is 2.51. The maximum absolute atomic E-state index is 11.7. The third-order valence-corrected chi connectivity index (χ3v) is 3.54. The summed E-state index contributed by atoms with van der Waals surface area (Å²) in [5.41, 5.74) is -0.679. The lowest BCUT2D eigenvalue weighted by atomic mass is 9.84. The van der Waals surface area contributed by atoms with Crippen molar-refractivity contribution in [3.8, 4) is 0 Å². The molecule has 0 aromatic heterocycles. The van der Waals surface area contributed by atoms with Gasteiger partial charge in [0, 0.05) is 6.04 Å². The first-order valence-electron chi connectivity index (χ1n) is 6.70. The van der Waals surface area contributed by atoms with Crippen molar-refractivity contribution < 1.29 is 19.7 Å². The third-order valence-electron chi connectivity index (χ3n) is 3.54. The van der Waals surface area contributed by atoms with Gasteiger partial charge in [0.05, 0.1) is 31.3 Å². The third kappa shape index (κ3) is 4.23. The number of rotatable bonds is 6. The number of nitrogens with one attached hydrogen (secondary N) is 1. The molecule has 1 rings (SSSR count). The standard InChI is InChI=1S/C13H25NO4/c1-3-18-12(17)10-5-4-6-11(7-10)14-13(2,8-15)9-16/h10-11,14-16H,3-9H2,1-2H3. The minimum atomic E-state index is -0.679. The predicted octanol–water partition coefficient (Wildman–Crippen LogP) is 0.441. The smallest absolute Gasteiger partial charge is 0.308 e. The average Bonchev–Trinajstić information content (AvgIpc) is 2.39. The zero-order chi connectivity index (χ0) is 13.6. The molecule has 1 fully saturated rings.